The van der Waals surface area contributed by atoms with Crippen LogP contribution in [0.2, 0.25) is 5.02 Å². The number of para-hydroxylation sites is 1. The number of benzene rings is 2. The number of carbonyl (C=O) groups excluding carboxylic acids is 1. The maximum absolute atomic E-state index is 12.1. The first kappa shape index (κ1) is 16.1. The molecule has 23 heavy (non-hydrogen) atoms. The monoisotopic (exact) mass is 395 g/mol. The summed E-state index contributed by atoms with van der Waals surface area (Å²) in [5.41, 5.74) is 0.994. The highest BCUT2D eigenvalue weighted by molar-refractivity contribution is 9.10. The number of rotatable bonds is 4. The zero-order chi connectivity index (χ0) is 16.2. The molecule has 1 atom stereocenters. The van der Waals surface area contributed by atoms with Crippen molar-refractivity contribution in [2.24, 2.45) is 0 Å². The molecule has 0 fully saturated rings. The fraction of sp³-hybridized carbons (Fsp3) is 0.235. The maximum atomic E-state index is 12.1. The van der Waals surface area contributed by atoms with Crippen LogP contribution in [0, 0.1) is 0 Å². The van der Waals surface area contributed by atoms with Crippen molar-refractivity contribution in [2.45, 2.75) is 12.5 Å². The molecule has 6 heteroatoms. The van der Waals surface area contributed by atoms with Crippen molar-refractivity contribution >= 4 is 33.4 Å². The van der Waals surface area contributed by atoms with E-state index in [0.29, 0.717) is 17.4 Å². The number of amides is 1. The van der Waals surface area contributed by atoms with Crippen molar-refractivity contribution in [3.05, 3.63) is 57.5 Å². The van der Waals surface area contributed by atoms with E-state index in [2.05, 4.69) is 21.2 Å². The largest absolute Gasteiger partial charge is 0.493 e. The number of halogens is 2. The van der Waals surface area contributed by atoms with Gasteiger partial charge >= 0.3 is 0 Å². The Balaban J connectivity index is 1.60. The standard InChI is InChI=1S/C17H15BrClNO3/c18-11-5-6-16(13(19)9-11)23-10-17(21)20-14-7-8-22-15-4-2-1-3-12(14)15/h1-6,9,14H,7-8,10H2,(H,20,21). The van der Waals surface area contributed by atoms with E-state index in [-0.39, 0.29) is 18.6 Å². The molecule has 0 spiro atoms. The van der Waals surface area contributed by atoms with Crippen molar-refractivity contribution < 1.29 is 14.3 Å². The molecule has 4 nitrogen and oxygen atoms in total. The Kier molecular flexibility index (Phi) is 5.08. The van der Waals surface area contributed by atoms with Gasteiger partial charge in [0, 0.05) is 16.5 Å². The predicted molar refractivity (Wildman–Crippen MR) is 92.1 cm³/mol. The lowest BCUT2D eigenvalue weighted by atomic mass is 10.0. The van der Waals surface area contributed by atoms with Gasteiger partial charge in [-0.15, -0.1) is 0 Å². The van der Waals surface area contributed by atoms with Gasteiger partial charge in [-0.1, -0.05) is 45.7 Å². The second-order valence-electron chi connectivity index (χ2n) is 5.16. The van der Waals surface area contributed by atoms with Crippen LogP contribution >= 0.6 is 27.5 Å². The van der Waals surface area contributed by atoms with E-state index in [1.165, 1.54) is 0 Å². The zero-order valence-corrected chi connectivity index (χ0v) is 14.6. The van der Waals surface area contributed by atoms with E-state index < -0.39 is 0 Å². The number of ether oxygens (including phenoxy) is 2. The van der Waals surface area contributed by atoms with Crippen molar-refractivity contribution in [2.75, 3.05) is 13.2 Å². The van der Waals surface area contributed by atoms with E-state index in [9.17, 15) is 4.79 Å². The average Bonchev–Trinajstić information content (AvgIpc) is 2.54. The summed E-state index contributed by atoms with van der Waals surface area (Å²) in [6.45, 7) is 0.502. The summed E-state index contributed by atoms with van der Waals surface area (Å²) in [6, 6.07) is 12.9. The maximum Gasteiger partial charge on any atom is 0.258 e. The van der Waals surface area contributed by atoms with Gasteiger partial charge in [-0.2, -0.15) is 0 Å². The van der Waals surface area contributed by atoms with Crippen molar-refractivity contribution in [1.29, 1.82) is 0 Å². The lowest BCUT2D eigenvalue weighted by molar-refractivity contribution is -0.124. The Bertz CT molecular complexity index is 723. The minimum Gasteiger partial charge on any atom is -0.493 e. The third-order valence-corrected chi connectivity index (χ3v) is 4.34. The Hall–Kier alpha value is -1.72. The van der Waals surface area contributed by atoms with Crippen LogP contribution in [0.25, 0.3) is 0 Å². The van der Waals surface area contributed by atoms with Gasteiger partial charge in [0.15, 0.2) is 6.61 Å². The van der Waals surface area contributed by atoms with Crippen LogP contribution in [0.4, 0.5) is 0 Å². The molecule has 1 aliphatic heterocycles. The van der Waals surface area contributed by atoms with Crippen LogP contribution in [0.5, 0.6) is 11.5 Å². The molecule has 120 valence electrons. The summed E-state index contributed by atoms with van der Waals surface area (Å²) in [7, 11) is 0. The highest BCUT2D eigenvalue weighted by Crippen LogP contribution is 2.31. The number of hydrogen-bond donors (Lipinski definition) is 1. The van der Waals surface area contributed by atoms with Gasteiger partial charge in [0.1, 0.15) is 11.5 Å². The van der Waals surface area contributed by atoms with Gasteiger partial charge in [0.2, 0.25) is 0 Å². The lowest BCUT2D eigenvalue weighted by Gasteiger charge is -2.26. The molecule has 1 amide bonds. The van der Waals surface area contributed by atoms with Crippen LogP contribution in [0.1, 0.15) is 18.0 Å². The van der Waals surface area contributed by atoms with Gasteiger partial charge < -0.3 is 14.8 Å². The molecule has 1 N–H and O–H groups in total. The molecule has 1 aliphatic rings. The molecule has 0 saturated carbocycles. The Morgan fingerprint density at radius 1 is 1.35 bits per heavy atom. The zero-order valence-electron chi connectivity index (χ0n) is 12.2. The quantitative estimate of drug-likeness (QED) is 0.845. The molecule has 0 saturated heterocycles. The van der Waals surface area contributed by atoms with Crippen molar-refractivity contribution in [3.63, 3.8) is 0 Å². The SMILES string of the molecule is O=C(COc1ccc(Br)cc1Cl)NC1CCOc2ccccc21. The number of carbonyl (C=O) groups is 1. The first-order valence-corrected chi connectivity index (χ1v) is 8.39. The van der Waals surface area contributed by atoms with E-state index in [1.54, 1.807) is 12.1 Å². The van der Waals surface area contributed by atoms with Crippen LogP contribution in [-0.4, -0.2) is 19.1 Å². The molecule has 2 aromatic carbocycles. The van der Waals surface area contributed by atoms with Crippen LogP contribution in [-0.2, 0) is 4.79 Å². The molecular formula is C17H15BrClNO3. The normalized spacial score (nSPS) is 16.2. The number of nitrogens with one attached hydrogen (secondary N) is 1. The molecular weight excluding hydrogens is 382 g/mol. The molecule has 0 radical (unpaired) electrons. The molecule has 0 aromatic heterocycles. The minimum absolute atomic E-state index is 0.0589. The molecule has 1 unspecified atom stereocenters. The Morgan fingerprint density at radius 3 is 3.00 bits per heavy atom. The Labute approximate surface area is 147 Å². The third-order valence-electron chi connectivity index (χ3n) is 3.55. The first-order valence-electron chi connectivity index (χ1n) is 7.22. The van der Waals surface area contributed by atoms with E-state index in [4.69, 9.17) is 21.1 Å². The molecule has 0 aliphatic carbocycles. The van der Waals surface area contributed by atoms with Gasteiger partial charge in [-0.05, 0) is 24.3 Å². The van der Waals surface area contributed by atoms with Gasteiger partial charge in [0.25, 0.3) is 5.91 Å². The van der Waals surface area contributed by atoms with Crippen molar-refractivity contribution in [1.82, 2.24) is 5.32 Å². The molecule has 3 rings (SSSR count). The first-order chi connectivity index (χ1) is 11.1. The smallest absolute Gasteiger partial charge is 0.258 e. The third kappa shape index (κ3) is 3.98. The summed E-state index contributed by atoms with van der Waals surface area (Å²) in [4.78, 5) is 12.1. The highest BCUT2D eigenvalue weighted by atomic mass is 79.9. The average molecular weight is 397 g/mol. The van der Waals surface area contributed by atoms with Crippen LogP contribution in [0.15, 0.2) is 46.9 Å². The summed E-state index contributed by atoms with van der Waals surface area (Å²) in [5.74, 6) is 1.11. The number of hydrogen-bond acceptors (Lipinski definition) is 3. The molecule has 2 aromatic rings. The second-order valence-corrected chi connectivity index (χ2v) is 6.48. The molecule has 1 heterocycles. The number of fused-ring (bicyclic) bond motifs is 1. The van der Waals surface area contributed by atoms with E-state index in [0.717, 1.165) is 22.2 Å². The van der Waals surface area contributed by atoms with Gasteiger partial charge in [-0.25, -0.2) is 0 Å². The van der Waals surface area contributed by atoms with Crippen molar-refractivity contribution in [3.8, 4) is 11.5 Å². The van der Waals surface area contributed by atoms with Crippen LogP contribution < -0.4 is 14.8 Å². The fourth-order valence-corrected chi connectivity index (χ4v) is 3.19. The van der Waals surface area contributed by atoms with E-state index in [1.807, 2.05) is 30.3 Å². The summed E-state index contributed by atoms with van der Waals surface area (Å²) in [6.07, 6.45) is 0.738. The molecule has 0 bridgehead atoms. The highest BCUT2D eigenvalue weighted by Gasteiger charge is 2.22. The summed E-state index contributed by atoms with van der Waals surface area (Å²) >= 11 is 9.39. The summed E-state index contributed by atoms with van der Waals surface area (Å²) in [5, 5.41) is 3.44. The minimum atomic E-state index is -0.189. The van der Waals surface area contributed by atoms with Crippen LogP contribution in [0.3, 0.4) is 0 Å². The van der Waals surface area contributed by atoms with Gasteiger partial charge in [0.05, 0.1) is 17.7 Å². The lowest BCUT2D eigenvalue weighted by Crippen LogP contribution is -2.35. The van der Waals surface area contributed by atoms with Gasteiger partial charge in [-0.3, -0.25) is 4.79 Å². The topological polar surface area (TPSA) is 47.6 Å². The van der Waals surface area contributed by atoms with E-state index >= 15 is 0 Å². The summed E-state index contributed by atoms with van der Waals surface area (Å²) < 4.78 is 11.9. The predicted octanol–water partition coefficient (Wildman–Crippen LogP) is 4.12. The second kappa shape index (κ2) is 7.23. The Morgan fingerprint density at radius 2 is 2.17 bits per heavy atom. The fourth-order valence-electron chi connectivity index (χ4n) is 2.46.